The van der Waals surface area contributed by atoms with Crippen LogP contribution in [-0.2, 0) is 0 Å². The van der Waals surface area contributed by atoms with Gasteiger partial charge in [0.1, 0.15) is 10.3 Å². The van der Waals surface area contributed by atoms with Crippen molar-refractivity contribution >= 4 is 33.2 Å². The van der Waals surface area contributed by atoms with Gasteiger partial charge in [-0.2, -0.15) is 0 Å². The van der Waals surface area contributed by atoms with Crippen LogP contribution in [0.5, 0.6) is 0 Å². The van der Waals surface area contributed by atoms with Crippen molar-refractivity contribution in [2.75, 3.05) is 17.8 Å². The number of nitrogens with two attached hydrogens (primary N) is 2. The SMILES string of the molecule is CN(N)c1ncc(-c2ccc3nc(C4CCC4)sc3n2)cc1N. The first-order valence-electron chi connectivity index (χ1n) is 7.63. The zero-order chi connectivity index (χ0) is 16.0. The van der Waals surface area contributed by atoms with E-state index >= 15 is 0 Å². The molecule has 0 bridgehead atoms. The van der Waals surface area contributed by atoms with Crippen molar-refractivity contribution < 1.29 is 0 Å². The van der Waals surface area contributed by atoms with E-state index in [1.54, 1.807) is 24.6 Å². The average molecular weight is 326 g/mol. The number of nitrogens with zero attached hydrogens (tertiary/aromatic N) is 4. The lowest BCUT2D eigenvalue weighted by Gasteiger charge is -2.22. The Morgan fingerprint density at radius 3 is 2.74 bits per heavy atom. The molecule has 0 unspecified atom stereocenters. The molecule has 7 heteroatoms. The molecule has 6 nitrogen and oxygen atoms in total. The Balaban J connectivity index is 1.72. The molecule has 1 aliphatic rings. The van der Waals surface area contributed by atoms with Crippen LogP contribution in [0.4, 0.5) is 11.5 Å². The van der Waals surface area contributed by atoms with Crippen molar-refractivity contribution in [3.05, 3.63) is 29.4 Å². The average Bonchev–Trinajstić information content (AvgIpc) is 2.86. The van der Waals surface area contributed by atoms with E-state index in [4.69, 9.17) is 21.5 Å². The van der Waals surface area contributed by atoms with E-state index in [0.29, 0.717) is 17.4 Å². The van der Waals surface area contributed by atoms with Crippen molar-refractivity contribution in [2.24, 2.45) is 5.84 Å². The van der Waals surface area contributed by atoms with Crippen LogP contribution in [0, 0.1) is 0 Å². The molecule has 23 heavy (non-hydrogen) atoms. The first kappa shape index (κ1) is 14.3. The second kappa shape index (κ2) is 5.43. The summed E-state index contributed by atoms with van der Waals surface area (Å²) in [5.74, 6) is 6.89. The number of anilines is 2. The van der Waals surface area contributed by atoms with Gasteiger partial charge in [0.05, 0.1) is 16.4 Å². The van der Waals surface area contributed by atoms with Gasteiger partial charge in [-0.3, -0.25) is 5.01 Å². The lowest BCUT2D eigenvalue weighted by Crippen LogP contribution is -2.27. The minimum absolute atomic E-state index is 0.536. The Morgan fingerprint density at radius 2 is 2.09 bits per heavy atom. The van der Waals surface area contributed by atoms with E-state index in [2.05, 4.69) is 4.98 Å². The number of pyridine rings is 2. The van der Waals surface area contributed by atoms with Gasteiger partial charge in [-0.15, -0.1) is 0 Å². The van der Waals surface area contributed by atoms with E-state index in [9.17, 15) is 0 Å². The lowest BCUT2D eigenvalue weighted by atomic mass is 9.86. The van der Waals surface area contributed by atoms with Gasteiger partial charge in [-0.1, -0.05) is 17.8 Å². The summed E-state index contributed by atoms with van der Waals surface area (Å²) < 4.78 is 0. The monoisotopic (exact) mass is 326 g/mol. The summed E-state index contributed by atoms with van der Waals surface area (Å²) in [6.07, 6.45) is 5.56. The van der Waals surface area contributed by atoms with Crippen LogP contribution in [0.3, 0.4) is 0 Å². The molecule has 118 valence electrons. The topological polar surface area (TPSA) is 94.0 Å². The summed E-state index contributed by atoms with van der Waals surface area (Å²) in [6.45, 7) is 0. The standard InChI is InChI=1S/C16H18N6S/c1-22(18)14-11(17)7-10(8-19-14)12-5-6-13-16(20-12)23-15(21-13)9-3-2-4-9/h5-9H,2-4,17-18H2,1H3. The maximum absolute atomic E-state index is 6.02. The van der Waals surface area contributed by atoms with E-state index in [0.717, 1.165) is 21.6 Å². The number of rotatable bonds is 3. The van der Waals surface area contributed by atoms with Crippen LogP contribution in [0.2, 0.25) is 0 Å². The van der Waals surface area contributed by atoms with Crippen LogP contribution in [0.15, 0.2) is 24.4 Å². The first-order chi connectivity index (χ1) is 11.1. The zero-order valence-corrected chi connectivity index (χ0v) is 13.7. The van der Waals surface area contributed by atoms with E-state index in [-0.39, 0.29) is 0 Å². The normalized spacial score (nSPS) is 14.9. The van der Waals surface area contributed by atoms with Crippen LogP contribution >= 0.6 is 11.3 Å². The zero-order valence-electron chi connectivity index (χ0n) is 12.9. The van der Waals surface area contributed by atoms with Crippen LogP contribution in [0.25, 0.3) is 21.6 Å². The van der Waals surface area contributed by atoms with Gasteiger partial charge in [0.25, 0.3) is 0 Å². The Kier molecular flexibility index (Phi) is 3.39. The Morgan fingerprint density at radius 1 is 1.26 bits per heavy atom. The van der Waals surface area contributed by atoms with Crippen molar-refractivity contribution in [3.8, 4) is 11.3 Å². The molecular weight excluding hydrogens is 308 g/mol. The summed E-state index contributed by atoms with van der Waals surface area (Å²) in [4.78, 5) is 14.7. The molecule has 0 saturated heterocycles. The minimum atomic E-state index is 0.536. The third kappa shape index (κ3) is 2.51. The molecule has 4 N–H and O–H groups in total. The molecule has 3 aromatic heterocycles. The summed E-state index contributed by atoms with van der Waals surface area (Å²) >= 11 is 1.70. The molecule has 1 aliphatic carbocycles. The predicted molar refractivity (Wildman–Crippen MR) is 94.2 cm³/mol. The summed E-state index contributed by atoms with van der Waals surface area (Å²) in [6, 6.07) is 5.85. The van der Waals surface area contributed by atoms with E-state index in [1.165, 1.54) is 29.3 Å². The Hall–Kier alpha value is -2.25. The van der Waals surface area contributed by atoms with Crippen LogP contribution in [0.1, 0.15) is 30.2 Å². The van der Waals surface area contributed by atoms with Crippen molar-refractivity contribution in [2.45, 2.75) is 25.2 Å². The summed E-state index contributed by atoms with van der Waals surface area (Å²) in [7, 11) is 1.71. The number of hydrogen-bond acceptors (Lipinski definition) is 7. The molecular formula is C16H18N6S. The van der Waals surface area contributed by atoms with Crippen molar-refractivity contribution in [1.82, 2.24) is 15.0 Å². The highest BCUT2D eigenvalue weighted by Crippen LogP contribution is 2.39. The van der Waals surface area contributed by atoms with Gasteiger partial charge in [-0.25, -0.2) is 20.8 Å². The van der Waals surface area contributed by atoms with Gasteiger partial charge in [0, 0.05) is 24.7 Å². The van der Waals surface area contributed by atoms with Gasteiger partial charge in [0.2, 0.25) is 0 Å². The second-order valence-electron chi connectivity index (χ2n) is 5.95. The van der Waals surface area contributed by atoms with Gasteiger partial charge < -0.3 is 5.73 Å². The molecule has 0 spiro atoms. The Bertz CT molecular complexity index is 868. The number of aromatic nitrogens is 3. The van der Waals surface area contributed by atoms with Gasteiger partial charge in [-0.05, 0) is 31.0 Å². The summed E-state index contributed by atoms with van der Waals surface area (Å²) in [5, 5.41) is 2.62. The molecule has 4 rings (SSSR count). The van der Waals surface area contributed by atoms with Gasteiger partial charge in [0.15, 0.2) is 5.82 Å². The largest absolute Gasteiger partial charge is 0.396 e. The minimum Gasteiger partial charge on any atom is -0.396 e. The molecule has 0 radical (unpaired) electrons. The third-order valence-corrected chi connectivity index (χ3v) is 5.38. The van der Waals surface area contributed by atoms with Crippen LogP contribution in [-0.4, -0.2) is 22.0 Å². The molecule has 0 aromatic carbocycles. The number of hydrogen-bond donors (Lipinski definition) is 2. The maximum Gasteiger partial charge on any atom is 0.165 e. The summed E-state index contributed by atoms with van der Waals surface area (Å²) in [5.41, 5.74) is 9.26. The Labute approximate surface area is 138 Å². The molecule has 0 atom stereocenters. The molecule has 1 fully saturated rings. The fourth-order valence-corrected chi connectivity index (χ4v) is 3.84. The molecule has 0 amide bonds. The smallest absolute Gasteiger partial charge is 0.165 e. The molecule has 3 aromatic rings. The molecule has 3 heterocycles. The van der Waals surface area contributed by atoms with Gasteiger partial charge >= 0.3 is 0 Å². The molecule has 0 aliphatic heterocycles. The lowest BCUT2D eigenvalue weighted by molar-refractivity contribution is 0.419. The number of thiazole rings is 1. The fourth-order valence-electron chi connectivity index (χ4n) is 2.73. The number of nitrogen functional groups attached to an aromatic ring is 1. The highest BCUT2D eigenvalue weighted by molar-refractivity contribution is 7.18. The predicted octanol–water partition coefficient (Wildman–Crippen LogP) is 2.91. The van der Waals surface area contributed by atoms with Crippen molar-refractivity contribution in [3.63, 3.8) is 0 Å². The molecule has 1 saturated carbocycles. The highest BCUT2D eigenvalue weighted by Gasteiger charge is 2.23. The third-order valence-electron chi connectivity index (χ3n) is 4.25. The van der Waals surface area contributed by atoms with Crippen molar-refractivity contribution in [1.29, 1.82) is 0 Å². The fraction of sp³-hybridized carbons (Fsp3) is 0.312. The van der Waals surface area contributed by atoms with E-state index < -0.39 is 0 Å². The highest BCUT2D eigenvalue weighted by atomic mass is 32.1. The maximum atomic E-state index is 6.02. The number of fused-ring (bicyclic) bond motifs is 1. The van der Waals surface area contributed by atoms with E-state index in [1.807, 2.05) is 18.2 Å². The quantitative estimate of drug-likeness (QED) is 0.568. The number of hydrazine groups is 1. The second-order valence-corrected chi connectivity index (χ2v) is 6.96. The van der Waals surface area contributed by atoms with Crippen LogP contribution < -0.4 is 16.6 Å². The first-order valence-corrected chi connectivity index (χ1v) is 8.45.